The van der Waals surface area contributed by atoms with Crippen LogP contribution in [0.15, 0.2) is 46.9 Å². The predicted molar refractivity (Wildman–Crippen MR) is 113 cm³/mol. The molecule has 1 aliphatic rings. The Bertz CT molecular complexity index is 851. The van der Waals surface area contributed by atoms with Crippen LogP contribution in [0, 0.1) is 16.0 Å². The molecule has 0 bridgehead atoms. The van der Waals surface area contributed by atoms with Crippen molar-refractivity contribution in [3.8, 4) is 5.75 Å². The largest absolute Gasteiger partial charge is 0.488 e. The summed E-state index contributed by atoms with van der Waals surface area (Å²) in [5.74, 6) is 1.45. The van der Waals surface area contributed by atoms with Gasteiger partial charge in [0.15, 0.2) is 0 Å². The number of rotatable bonds is 5. The number of benzene rings is 2. The minimum Gasteiger partial charge on any atom is -0.488 e. The van der Waals surface area contributed by atoms with Crippen molar-refractivity contribution in [3.63, 3.8) is 0 Å². The van der Waals surface area contributed by atoms with Crippen LogP contribution in [0.25, 0.3) is 0 Å². The zero-order valence-corrected chi connectivity index (χ0v) is 17.5. The zero-order chi connectivity index (χ0) is 19.4. The molecular weight excluding hydrogens is 428 g/mol. The van der Waals surface area contributed by atoms with Crippen LogP contribution in [-0.4, -0.2) is 27.9 Å². The average Bonchev–Trinajstić information content (AvgIpc) is 2.67. The molecule has 7 heteroatoms. The van der Waals surface area contributed by atoms with Crippen molar-refractivity contribution in [2.45, 2.75) is 26.4 Å². The Morgan fingerprint density at radius 2 is 2.04 bits per heavy atom. The van der Waals surface area contributed by atoms with E-state index in [-0.39, 0.29) is 12.3 Å². The number of ether oxygens (including phenoxy) is 1. The van der Waals surface area contributed by atoms with Crippen molar-refractivity contribution in [2.75, 3.05) is 13.1 Å². The molecule has 5 nitrogen and oxygen atoms in total. The fourth-order valence-electron chi connectivity index (χ4n) is 3.07. The maximum absolute atomic E-state index is 10.9. The molecule has 0 spiro atoms. The first kappa shape index (κ1) is 19.8. The van der Waals surface area contributed by atoms with Crippen LogP contribution < -0.4 is 4.74 Å². The van der Waals surface area contributed by atoms with Crippen molar-refractivity contribution in [1.82, 2.24) is 4.90 Å². The van der Waals surface area contributed by atoms with E-state index in [4.69, 9.17) is 17.0 Å². The standard InChI is InChI=1S/C20H21BrN2O3S/c1-14-7-9-22(10-8-14)20(27)16-5-6-19(18(21)12-16)26-13-15-3-2-4-17(11-15)23(24)25/h2-6,11-12,14H,7-10,13H2,1H3. The summed E-state index contributed by atoms with van der Waals surface area (Å²) < 4.78 is 6.64. The van der Waals surface area contributed by atoms with Gasteiger partial charge in [-0.05, 0) is 58.5 Å². The normalized spacial score (nSPS) is 14.8. The average molecular weight is 449 g/mol. The van der Waals surface area contributed by atoms with E-state index in [0.29, 0.717) is 5.75 Å². The molecule has 1 fully saturated rings. The molecule has 0 aromatic heterocycles. The van der Waals surface area contributed by atoms with E-state index in [0.717, 1.165) is 39.6 Å². The Balaban J connectivity index is 1.65. The van der Waals surface area contributed by atoms with E-state index in [1.807, 2.05) is 24.3 Å². The van der Waals surface area contributed by atoms with Gasteiger partial charge in [-0.2, -0.15) is 0 Å². The van der Waals surface area contributed by atoms with E-state index < -0.39 is 4.92 Å². The number of nitrogens with zero attached hydrogens (tertiary/aromatic N) is 2. The van der Waals surface area contributed by atoms with Gasteiger partial charge in [0.25, 0.3) is 5.69 Å². The summed E-state index contributed by atoms with van der Waals surface area (Å²) in [5, 5.41) is 10.9. The SMILES string of the molecule is CC1CCN(C(=S)c2ccc(OCc3cccc([N+](=O)[O-])c3)c(Br)c2)CC1. The molecular formula is C20H21BrN2O3S. The number of hydrogen-bond donors (Lipinski definition) is 0. The number of piperidine rings is 1. The topological polar surface area (TPSA) is 55.6 Å². The number of non-ortho nitro benzene ring substituents is 1. The van der Waals surface area contributed by atoms with Crippen LogP contribution >= 0.6 is 28.1 Å². The number of hydrogen-bond acceptors (Lipinski definition) is 4. The van der Waals surface area contributed by atoms with Gasteiger partial charge >= 0.3 is 0 Å². The molecule has 1 aliphatic heterocycles. The van der Waals surface area contributed by atoms with Crippen molar-refractivity contribution < 1.29 is 9.66 Å². The van der Waals surface area contributed by atoms with Gasteiger partial charge in [-0.3, -0.25) is 10.1 Å². The molecule has 2 aromatic carbocycles. The second-order valence-electron chi connectivity index (χ2n) is 6.84. The molecule has 1 saturated heterocycles. The lowest BCUT2D eigenvalue weighted by atomic mass is 9.99. The van der Waals surface area contributed by atoms with Crippen LogP contribution in [0.4, 0.5) is 5.69 Å². The van der Waals surface area contributed by atoms with Gasteiger partial charge < -0.3 is 9.64 Å². The molecule has 0 aliphatic carbocycles. The smallest absolute Gasteiger partial charge is 0.269 e. The third kappa shape index (κ3) is 5.05. The molecule has 1 heterocycles. The third-order valence-corrected chi connectivity index (χ3v) is 5.88. The monoisotopic (exact) mass is 448 g/mol. The van der Waals surface area contributed by atoms with Crippen molar-refractivity contribution in [1.29, 1.82) is 0 Å². The predicted octanol–water partition coefficient (Wildman–Crippen LogP) is 5.34. The summed E-state index contributed by atoms with van der Waals surface area (Å²) >= 11 is 9.21. The van der Waals surface area contributed by atoms with E-state index in [1.54, 1.807) is 6.07 Å². The highest BCUT2D eigenvalue weighted by atomic mass is 79.9. The van der Waals surface area contributed by atoms with E-state index in [2.05, 4.69) is 27.8 Å². The van der Waals surface area contributed by atoms with Crippen LogP contribution in [-0.2, 0) is 6.61 Å². The highest BCUT2D eigenvalue weighted by molar-refractivity contribution is 9.10. The molecule has 3 rings (SSSR count). The van der Waals surface area contributed by atoms with Gasteiger partial charge in [-0.15, -0.1) is 0 Å². The molecule has 2 aromatic rings. The van der Waals surface area contributed by atoms with Gasteiger partial charge in [-0.1, -0.05) is 31.3 Å². The quantitative estimate of drug-likeness (QED) is 0.350. The van der Waals surface area contributed by atoms with E-state index in [9.17, 15) is 10.1 Å². The second-order valence-corrected chi connectivity index (χ2v) is 8.08. The van der Waals surface area contributed by atoms with Gasteiger partial charge in [0.1, 0.15) is 17.3 Å². The maximum Gasteiger partial charge on any atom is 0.269 e. The van der Waals surface area contributed by atoms with Crippen LogP contribution in [0.2, 0.25) is 0 Å². The van der Waals surface area contributed by atoms with Crippen molar-refractivity contribution >= 4 is 38.8 Å². The Morgan fingerprint density at radius 1 is 1.30 bits per heavy atom. The summed E-state index contributed by atoms with van der Waals surface area (Å²) in [6.07, 6.45) is 2.34. The molecule has 142 valence electrons. The highest BCUT2D eigenvalue weighted by Gasteiger charge is 2.19. The fraction of sp³-hybridized carbons (Fsp3) is 0.350. The highest BCUT2D eigenvalue weighted by Crippen LogP contribution is 2.29. The Hall–Kier alpha value is -1.99. The Morgan fingerprint density at radius 3 is 2.70 bits per heavy atom. The second kappa shape index (κ2) is 8.80. The molecule has 0 N–H and O–H groups in total. The minimum atomic E-state index is -0.406. The fourth-order valence-corrected chi connectivity index (χ4v) is 3.87. The molecule has 0 saturated carbocycles. The van der Waals surface area contributed by atoms with Gasteiger partial charge in [0, 0.05) is 30.8 Å². The van der Waals surface area contributed by atoms with Gasteiger partial charge in [0.2, 0.25) is 0 Å². The summed E-state index contributed by atoms with van der Waals surface area (Å²) in [7, 11) is 0. The molecule has 27 heavy (non-hydrogen) atoms. The van der Waals surface area contributed by atoms with Crippen molar-refractivity contribution in [2.24, 2.45) is 5.92 Å². The molecule has 0 atom stereocenters. The maximum atomic E-state index is 10.9. The molecule has 0 radical (unpaired) electrons. The number of nitro benzene ring substituents is 1. The summed E-state index contributed by atoms with van der Waals surface area (Å²) in [5.41, 5.74) is 1.80. The lowest BCUT2D eigenvalue weighted by Crippen LogP contribution is -2.37. The molecule has 0 unspecified atom stereocenters. The summed E-state index contributed by atoms with van der Waals surface area (Å²) in [6, 6.07) is 12.3. The first-order valence-corrected chi connectivity index (χ1v) is 10.1. The lowest BCUT2D eigenvalue weighted by molar-refractivity contribution is -0.384. The van der Waals surface area contributed by atoms with Crippen LogP contribution in [0.3, 0.4) is 0 Å². The van der Waals surface area contributed by atoms with E-state index in [1.165, 1.54) is 25.0 Å². The van der Waals surface area contributed by atoms with Crippen LogP contribution in [0.5, 0.6) is 5.75 Å². The van der Waals surface area contributed by atoms with Crippen LogP contribution in [0.1, 0.15) is 30.9 Å². The summed E-state index contributed by atoms with van der Waals surface area (Å²) in [4.78, 5) is 13.6. The number of thiocarbonyl (C=S) groups is 1. The molecule has 0 amide bonds. The zero-order valence-electron chi connectivity index (χ0n) is 15.1. The lowest BCUT2D eigenvalue weighted by Gasteiger charge is -2.32. The number of nitro groups is 1. The first-order chi connectivity index (χ1) is 12.9. The first-order valence-electron chi connectivity index (χ1n) is 8.89. The van der Waals surface area contributed by atoms with Gasteiger partial charge in [0.05, 0.1) is 9.40 Å². The number of likely N-dealkylation sites (tertiary alicyclic amines) is 1. The minimum absolute atomic E-state index is 0.0618. The van der Waals surface area contributed by atoms with E-state index >= 15 is 0 Å². The Kier molecular flexibility index (Phi) is 6.44. The number of halogens is 1. The van der Waals surface area contributed by atoms with Gasteiger partial charge in [-0.25, -0.2) is 0 Å². The third-order valence-electron chi connectivity index (χ3n) is 4.77. The van der Waals surface area contributed by atoms with Crippen molar-refractivity contribution in [3.05, 3.63) is 68.2 Å². The Labute approximate surface area is 172 Å². The summed E-state index contributed by atoms with van der Waals surface area (Å²) in [6.45, 7) is 4.55.